The van der Waals surface area contributed by atoms with Gasteiger partial charge in [0.05, 0.1) is 11.3 Å². The van der Waals surface area contributed by atoms with Crippen LogP contribution in [0.25, 0.3) is 0 Å². The molecule has 2 aromatic carbocycles. The third kappa shape index (κ3) is 3.19. The van der Waals surface area contributed by atoms with Crippen LogP contribution in [-0.2, 0) is 0 Å². The first-order valence-corrected chi connectivity index (χ1v) is 6.36. The maximum absolute atomic E-state index is 13.6. The summed E-state index contributed by atoms with van der Waals surface area (Å²) in [5.41, 5.74) is 5.95. The van der Waals surface area contributed by atoms with Crippen LogP contribution in [-0.4, -0.2) is 5.91 Å². The fraction of sp³-hybridized carbons (Fsp3) is 0. The van der Waals surface area contributed by atoms with Gasteiger partial charge in [-0.1, -0.05) is 0 Å². The monoisotopic (exact) mass is 374 g/mol. The van der Waals surface area contributed by atoms with Crippen molar-refractivity contribution in [3.8, 4) is 0 Å². The number of carbonyl (C=O) groups excluding carboxylic acids is 1. The Kier molecular flexibility index (Phi) is 3.98. The molecule has 0 aromatic heterocycles. The second kappa shape index (κ2) is 5.52. The molecule has 1 amide bonds. The lowest BCUT2D eigenvalue weighted by Crippen LogP contribution is -2.14. The Morgan fingerprint density at radius 3 is 2.53 bits per heavy atom. The topological polar surface area (TPSA) is 55.1 Å². The maximum atomic E-state index is 13.6. The second-order valence-electron chi connectivity index (χ2n) is 3.82. The Morgan fingerprint density at radius 1 is 1.16 bits per heavy atom. The van der Waals surface area contributed by atoms with Crippen molar-refractivity contribution in [2.24, 2.45) is 0 Å². The van der Waals surface area contributed by atoms with E-state index in [-0.39, 0.29) is 11.3 Å². The zero-order valence-electron chi connectivity index (χ0n) is 9.58. The largest absolute Gasteiger partial charge is 0.399 e. The van der Waals surface area contributed by atoms with Gasteiger partial charge in [-0.2, -0.15) is 0 Å². The third-order valence-corrected chi connectivity index (χ3v) is 3.31. The minimum Gasteiger partial charge on any atom is -0.399 e. The molecule has 0 spiro atoms. The molecule has 3 nitrogen and oxygen atoms in total. The highest BCUT2D eigenvalue weighted by Gasteiger charge is 2.13. The van der Waals surface area contributed by atoms with Gasteiger partial charge in [-0.25, -0.2) is 8.78 Å². The lowest BCUT2D eigenvalue weighted by molar-refractivity contribution is 0.102. The van der Waals surface area contributed by atoms with E-state index in [1.165, 1.54) is 30.3 Å². The highest BCUT2D eigenvalue weighted by Crippen LogP contribution is 2.20. The lowest BCUT2D eigenvalue weighted by Gasteiger charge is -2.08. The summed E-state index contributed by atoms with van der Waals surface area (Å²) in [5.74, 6) is -1.71. The maximum Gasteiger partial charge on any atom is 0.258 e. The molecule has 0 saturated carbocycles. The summed E-state index contributed by atoms with van der Waals surface area (Å²) < 4.78 is 27.0. The zero-order valence-corrected chi connectivity index (χ0v) is 11.7. The van der Waals surface area contributed by atoms with E-state index in [0.717, 1.165) is 6.07 Å². The lowest BCUT2D eigenvalue weighted by atomic mass is 10.1. The molecule has 0 saturated heterocycles. The van der Waals surface area contributed by atoms with Crippen LogP contribution in [0.15, 0.2) is 36.4 Å². The molecule has 0 fully saturated rings. The van der Waals surface area contributed by atoms with E-state index in [0.29, 0.717) is 9.26 Å². The fourth-order valence-electron chi connectivity index (χ4n) is 1.50. The number of nitrogens with two attached hydrogens (primary N) is 1. The van der Waals surface area contributed by atoms with Crippen LogP contribution in [0.2, 0.25) is 0 Å². The van der Waals surface area contributed by atoms with Crippen LogP contribution >= 0.6 is 22.6 Å². The van der Waals surface area contributed by atoms with Crippen LogP contribution in [0.3, 0.4) is 0 Å². The molecule has 3 N–H and O–H groups in total. The van der Waals surface area contributed by atoms with Gasteiger partial charge < -0.3 is 11.1 Å². The van der Waals surface area contributed by atoms with Crippen molar-refractivity contribution < 1.29 is 13.6 Å². The number of hydrogen-bond acceptors (Lipinski definition) is 2. The predicted molar refractivity (Wildman–Crippen MR) is 77.9 cm³/mol. The Morgan fingerprint density at radius 2 is 1.89 bits per heavy atom. The third-order valence-electron chi connectivity index (χ3n) is 2.42. The molecule has 0 aliphatic rings. The molecule has 2 aromatic rings. The van der Waals surface area contributed by atoms with E-state index in [1.807, 2.05) is 22.6 Å². The normalized spacial score (nSPS) is 10.3. The SMILES string of the molecule is Nc1ccc(C(=O)Nc2ccc(F)cc2I)c(F)c1. The first-order chi connectivity index (χ1) is 8.97. The van der Waals surface area contributed by atoms with Gasteiger partial charge in [0, 0.05) is 9.26 Å². The van der Waals surface area contributed by atoms with Gasteiger partial charge in [0.15, 0.2) is 0 Å². The van der Waals surface area contributed by atoms with Crippen LogP contribution in [0, 0.1) is 15.2 Å². The van der Waals surface area contributed by atoms with Gasteiger partial charge in [-0.15, -0.1) is 0 Å². The summed E-state index contributed by atoms with van der Waals surface area (Å²) in [6.45, 7) is 0. The Bertz CT molecular complexity index is 647. The number of rotatable bonds is 2. The Labute approximate surface area is 121 Å². The van der Waals surface area contributed by atoms with Crippen molar-refractivity contribution in [3.05, 3.63) is 57.2 Å². The first-order valence-electron chi connectivity index (χ1n) is 5.29. The summed E-state index contributed by atoms with van der Waals surface area (Å²) in [4.78, 5) is 11.9. The van der Waals surface area contributed by atoms with Gasteiger partial charge in [-0.05, 0) is 59.0 Å². The highest BCUT2D eigenvalue weighted by atomic mass is 127. The van der Waals surface area contributed by atoms with Crippen LogP contribution in [0.5, 0.6) is 0 Å². The van der Waals surface area contributed by atoms with Crippen molar-refractivity contribution in [1.29, 1.82) is 0 Å². The first kappa shape index (κ1) is 13.7. The molecular formula is C13H9F2IN2O. The number of nitrogens with one attached hydrogen (secondary N) is 1. The molecule has 6 heteroatoms. The summed E-state index contributed by atoms with van der Waals surface area (Å²) in [5, 5.41) is 2.52. The van der Waals surface area contributed by atoms with Gasteiger partial charge in [0.2, 0.25) is 0 Å². The van der Waals surface area contributed by atoms with Gasteiger partial charge in [0.1, 0.15) is 11.6 Å². The number of hydrogen-bond donors (Lipinski definition) is 2. The number of halogens is 3. The smallest absolute Gasteiger partial charge is 0.258 e. The summed E-state index contributed by atoms with van der Waals surface area (Å²) >= 11 is 1.88. The quantitative estimate of drug-likeness (QED) is 0.626. The summed E-state index contributed by atoms with van der Waals surface area (Å²) in [7, 11) is 0. The number of amides is 1. The summed E-state index contributed by atoms with van der Waals surface area (Å²) in [6, 6.07) is 7.73. The van der Waals surface area contributed by atoms with Crippen LogP contribution in [0.1, 0.15) is 10.4 Å². The minimum absolute atomic E-state index is 0.116. The van der Waals surface area contributed by atoms with Crippen molar-refractivity contribution in [2.75, 3.05) is 11.1 Å². The van der Waals surface area contributed by atoms with Crippen molar-refractivity contribution >= 4 is 39.9 Å². The second-order valence-corrected chi connectivity index (χ2v) is 4.98. The molecule has 0 bridgehead atoms. The van der Waals surface area contributed by atoms with Crippen LogP contribution < -0.4 is 11.1 Å². The number of benzene rings is 2. The molecule has 0 aliphatic heterocycles. The molecular weight excluding hydrogens is 365 g/mol. The Balaban J connectivity index is 2.25. The van der Waals surface area contributed by atoms with E-state index in [4.69, 9.17) is 5.73 Å². The molecule has 0 unspecified atom stereocenters. The molecule has 0 aliphatic carbocycles. The molecule has 2 rings (SSSR count). The number of carbonyl (C=O) groups is 1. The molecule has 19 heavy (non-hydrogen) atoms. The number of nitrogen functional groups attached to an aromatic ring is 1. The van der Waals surface area contributed by atoms with Gasteiger partial charge in [-0.3, -0.25) is 4.79 Å². The fourth-order valence-corrected chi connectivity index (χ4v) is 2.11. The van der Waals surface area contributed by atoms with Crippen LogP contribution in [0.4, 0.5) is 20.2 Å². The van der Waals surface area contributed by atoms with Gasteiger partial charge in [0.25, 0.3) is 5.91 Å². The zero-order chi connectivity index (χ0) is 14.0. The van der Waals surface area contributed by atoms with E-state index >= 15 is 0 Å². The van der Waals surface area contributed by atoms with Crippen molar-refractivity contribution in [2.45, 2.75) is 0 Å². The molecule has 98 valence electrons. The predicted octanol–water partition coefficient (Wildman–Crippen LogP) is 3.40. The van der Waals surface area contributed by atoms with E-state index in [1.54, 1.807) is 0 Å². The summed E-state index contributed by atoms with van der Waals surface area (Å²) in [6.07, 6.45) is 0. The standard InChI is InChI=1S/C13H9F2IN2O/c14-7-1-4-12(11(16)5-7)18-13(19)9-3-2-8(17)6-10(9)15/h1-6H,17H2,(H,18,19). The molecule has 0 heterocycles. The highest BCUT2D eigenvalue weighted by molar-refractivity contribution is 14.1. The average Bonchev–Trinajstić information content (AvgIpc) is 2.32. The van der Waals surface area contributed by atoms with Crippen molar-refractivity contribution in [1.82, 2.24) is 0 Å². The van der Waals surface area contributed by atoms with E-state index in [9.17, 15) is 13.6 Å². The minimum atomic E-state index is -0.699. The van der Waals surface area contributed by atoms with E-state index in [2.05, 4.69) is 5.32 Å². The van der Waals surface area contributed by atoms with E-state index < -0.39 is 17.5 Å². The average molecular weight is 374 g/mol. The van der Waals surface area contributed by atoms with Crippen molar-refractivity contribution in [3.63, 3.8) is 0 Å². The molecule has 0 radical (unpaired) electrons. The Hall–Kier alpha value is -1.70. The molecule has 0 atom stereocenters. The number of anilines is 2. The van der Waals surface area contributed by atoms with Gasteiger partial charge >= 0.3 is 0 Å².